The SMILES string of the molecule is O=C(O)CCCCCCN1C(=O)NC[C@@H]1/C=C/C(O)C(F)(F)c1ccccc1. The molecule has 154 valence electrons. The minimum absolute atomic E-state index is 0.128. The molecule has 1 unspecified atom stereocenters. The molecule has 1 fully saturated rings. The summed E-state index contributed by atoms with van der Waals surface area (Å²) in [5.41, 5.74) is -0.272. The smallest absolute Gasteiger partial charge is 0.318 e. The first-order valence-corrected chi connectivity index (χ1v) is 9.38. The van der Waals surface area contributed by atoms with E-state index >= 15 is 0 Å². The quantitative estimate of drug-likeness (QED) is 0.396. The minimum atomic E-state index is -3.43. The van der Waals surface area contributed by atoms with Crippen molar-refractivity contribution >= 4 is 12.0 Å². The Labute approximate surface area is 162 Å². The Morgan fingerprint density at radius 3 is 2.61 bits per heavy atom. The number of aliphatic hydroxyl groups excluding tert-OH is 1. The number of carbonyl (C=O) groups is 2. The lowest BCUT2D eigenvalue weighted by Gasteiger charge is -2.23. The summed E-state index contributed by atoms with van der Waals surface area (Å²) in [6, 6.07) is 6.42. The third-order valence-electron chi connectivity index (χ3n) is 4.71. The zero-order valence-electron chi connectivity index (χ0n) is 15.6. The zero-order valence-corrected chi connectivity index (χ0v) is 15.6. The van der Waals surface area contributed by atoms with Gasteiger partial charge in [0.05, 0.1) is 6.04 Å². The van der Waals surface area contributed by atoms with Gasteiger partial charge >= 0.3 is 17.9 Å². The average Bonchev–Trinajstić information content (AvgIpc) is 3.02. The van der Waals surface area contributed by atoms with E-state index < -0.39 is 24.0 Å². The number of carboxylic acids is 1. The fourth-order valence-corrected chi connectivity index (χ4v) is 3.09. The fraction of sp³-hybridized carbons (Fsp3) is 0.500. The number of hydrogen-bond acceptors (Lipinski definition) is 3. The molecule has 0 radical (unpaired) electrons. The molecule has 1 aliphatic heterocycles. The van der Waals surface area contributed by atoms with Gasteiger partial charge < -0.3 is 20.4 Å². The molecule has 2 atom stereocenters. The highest BCUT2D eigenvalue weighted by Gasteiger charge is 2.39. The van der Waals surface area contributed by atoms with Crippen LogP contribution in [0.1, 0.15) is 37.7 Å². The molecule has 8 heteroatoms. The largest absolute Gasteiger partial charge is 0.481 e. The molecule has 1 saturated heterocycles. The number of benzene rings is 1. The predicted octanol–water partition coefficient (Wildman–Crippen LogP) is 3.12. The molecule has 6 nitrogen and oxygen atoms in total. The van der Waals surface area contributed by atoms with Crippen molar-refractivity contribution in [3.63, 3.8) is 0 Å². The molecule has 0 bridgehead atoms. The number of carboxylic acid groups (broad SMARTS) is 1. The first-order chi connectivity index (χ1) is 13.3. The lowest BCUT2D eigenvalue weighted by Crippen LogP contribution is -2.35. The van der Waals surface area contributed by atoms with Crippen LogP contribution in [-0.4, -0.2) is 52.3 Å². The molecule has 2 amide bonds. The summed E-state index contributed by atoms with van der Waals surface area (Å²) < 4.78 is 28.7. The van der Waals surface area contributed by atoms with E-state index in [-0.39, 0.29) is 24.6 Å². The van der Waals surface area contributed by atoms with Crippen molar-refractivity contribution in [2.45, 2.75) is 50.2 Å². The van der Waals surface area contributed by atoms with Gasteiger partial charge in [-0.25, -0.2) is 4.79 Å². The van der Waals surface area contributed by atoms with Crippen LogP contribution in [0.15, 0.2) is 42.5 Å². The highest BCUT2D eigenvalue weighted by atomic mass is 19.3. The number of hydrogen-bond donors (Lipinski definition) is 3. The van der Waals surface area contributed by atoms with Gasteiger partial charge in [-0.2, -0.15) is 8.78 Å². The maximum absolute atomic E-state index is 14.3. The molecule has 0 saturated carbocycles. The Morgan fingerprint density at radius 2 is 1.93 bits per heavy atom. The molecule has 0 aromatic heterocycles. The molecular formula is C20H26F2N2O4. The van der Waals surface area contributed by atoms with Gasteiger partial charge in [0.2, 0.25) is 0 Å². The summed E-state index contributed by atoms with van der Waals surface area (Å²) in [7, 11) is 0. The molecule has 0 aliphatic carbocycles. The number of urea groups is 1. The third kappa shape index (κ3) is 6.02. The van der Waals surface area contributed by atoms with Gasteiger partial charge in [0.25, 0.3) is 0 Å². The Hall–Kier alpha value is -2.48. The summed E-state index contributed by atoms with van der Waals surface area (Å²) >= 11 is 0. The van der Waals surface area contributed by atoms with Crippen molar-refractivity contribution in [2.24, 2.45) is 0 Å². The van der Waals surface area contributed by atoms with Crippen molar-refractivity contribution in [3.05, 3.63) is 48.0 Å². The second-order valence-electron chi connectivity index (χ2n) is 6.82. The van der Waals surface area contributed by atoms with Crippen molar-refractivity contribution in [3.8, 4) is 0 Å². The Balaban J connectivity index is 1.87. The van der Waals surface area contributed by atoms with Gasteiger partial charge in [-0.15, -0.1) is 0 Å². The zero-order chi connectivity index (χ0) is 20.6. The second kappa shape index (κ2) is 10.2. The lowest BCUT2D eigenvalue weighted by molar-refractivity contribution is -0.137. The number of amides is 2. The maximum Gasteiger partial charge on any atom is 0.318 e. The molecule has 1 heterocycles. The van der Waals surface area contributed by atoms with Gasteiger partial charge in [-0.1, -0.05) is 55.3 Å². The number of carbonyl (C=O) groups excluding carboxylic acids is 1. The number of rotatable bonds is 11. The van der Waals surface area contributed by atoms with Gasteiger partial charge in [0.15, 0.2) is 0 Å². The third-order valence-corrected chi connectivity index (χ3v) is 4.71. The summed E-state index contributed by atoms with van der Waals surface area (Å²) in [6.07, 6.45) is 3.42. The van der Waals surface area contributed by atoms with Crippen molar-refractivity contribution < 1.29 is 28.6 Å². The highest BCUT2D eigenvalue weighted by molar-refractivity contribution is 5.77. The molecule has 0 spiro atoms. The normalized spacial score (nSPS) is 18.5. The average molecular weight is 396 g/mol. The van der Waals surface area contributed by atoms with E-state index in [9.17, 15) is 23.5 Å². The number of nitrogens with one attached hydrogen (secondary N) is 1. The first-order valence-electron chi connectivity index (χ1n) is 9.38. The lowest BCUT2D eigenvalue weighted by atomic mass is 10.0. The van der Waals surface area contributed by atoms with Crippen molar-refractivity contribution in [1.29, 1.82) is 0 Å². The van der Waals surface area contributed by atoms with E-state index in [0.717, 1.165) is 18.9 Å². The predicted molar refractivity (Wildman–Crippen MR) is 100 cm³/mol. The monoisotopic (exact) mass is 396 g/mol. The molecule has 1 aromatic rings. The van der Waals surface area contributed by atoms with Crippen LogP contribution in [0.3, 0.4) is 0 Å². The molecule has 28 heavy (non-hydrogen) atoms. The number of halogens is 2. The summed E-state index contributed by atoms with van der Waals surface area (Å²) in [4.78, 5) is 24.0. The number of nitrogens with zero attached hydrogens (tertiary/aromatic N) is 1. The van der Waals surface area contributed by atoms with Crippen LogP contribution >= 0.6 is 0 Å². The summed E-state index contributed by atoms with van der Waals surface area (Å²) in [5, 5.41) is 21.2. The van der Waals surface area contributed by atoms with E-state index in [1.807, 2.05) is 0 Å². The number of aliphatic hydroxyl groups is 1. The molecule has 1 aromatic carbocycles. The number of alkyl halides is 2. The Kier molecular flexibility index (Phi) is 7.92. The fourth-order valence-electron chi connectivity index (χ4n) is 3.09. The van der Waals surface area contributed by atoms with Crippen molar-refractivity contribution in [2.75, 3.05) is 13.1 Å². The number of unbranched alkanes of at least 4 members (excludes halogenated alkanes) is 3. The topological polar surface area (TPSA) is 89.9 Å². The summed E-state index contributed by atoms with van der Waals surface area (Å²) in [5.74, 6) is -4.25. The maximum atomic E-state index is 14.3. The van der Waals surface area contributed by atoms with Crippen molar-refractivity contribution in [1.82, 2.24) is 10.2 Å². The van der Waals surface area contributed by atoms with Crippen LogP contribution in [0.5, 0.6) is 0 Å². The molecule has 1 aliphatic rings. The Morgan fingerprint density at radius 1 is 1.25 bits per heavy atom. The van der Waals surface area contributed by atoms with Gasteiger partial charge in [0, 0.05) is 25.1 Å². The van der Waals surface area contributed by atoms with Crippen LogP contribution in [0.2, 0.25) is 0 Å². The highest BCUT2D eigenvalue weighted by Crippen LogP contribution is 2.32. The van der Waals surface area contributed by atoms with Crippen LogP contribution in [0.4, 0.5) is 13.6 Å². The van der Waals surface area contributed by atoms with Crippen LogP contribution < -0.4 is 5.32 Å². The van der Waals surface area contributed by atoms with E-state index in [1.165, 1.54) is 30.3 Å². The van der Waals surface area contributed by atoms with Gasteiger partial charge in [0.1, 0.15) is 6.10 Å². The van der Waals surface area contributed by atoms with Crippen LogP contribution in [-0.2, 0) is 10.7 Å². The van der Waals surface area contributed by atoms with Gasteiger partial charge in [-0.05, 0) is 12.8 Å². The molecular weight excluding hydrogens is 370 g/mol. The Bertz CT molecular complexity index is 682. The van der Waals surface area contributed by atoms with E-state index in [0.29, 0.717) is 19.4 Å². The molecule has 2 rings (SSSR count). The van der Waals surface area contributed by atoms with Gasteiger partial charge in [-0.3, -0.25) is 4.79 Å². The standard InChI is InChI=1S/C20H26F2N2O4/c21-20(22,15-8-4-3-5-9-15)17(25)12-11-16-14-23-19(28)24(16)13-7-2-1-6-10-18(26)27/h3-5,8-9,11-12,16-17,25H,1-2,6-7,10,13-14H2,(H,23,28)(H,26,27)/b12-11+/t16-,17?/m0/s1. The first kappa shape index (κ1) is 21.8. The molecule has 3 N–H and O–H groups in total. The van der Waals surface area contributed by atoms with Crippen LogP contribution in [0, 0.1) is 0 Å². The number of aliphatic carboxylic acids is 1. The van der Waals surface area contributed by atoms with Crippen LogP contribution in [0.25, 0.3) is 0 Å². The van der Waals surface area contributed by atoms with E-state index in [2.05, 4.69) is 5.32 Å². The second-order valence-corrected chi connectivity index (χ2v) is 6.82. The van der Waals surface area contributed by atoms with E-state index in [4.69, 9.17) is 5.11 Å². The van der Waals surface area contributed by atoms with E-state index in [1.54, 1.807) is 11.0 Å². The minimum Gasteiger partial charge on any atom is -0.481 e. The summed E-state index contributed by atoms with van der Waals surface area (Å²) in [6.45, 7) is 0.733.